The second kappa shape index (κ2) is 6.23. The lowest BCUT2D eigenvalue weighted by Crippen LogP contribution is -2.42. The van der Waals surface area contributed by atoms with E-state index >= 15 is 0 Å². The van der Waals surface area contributed by atoms with Crippen molar-refractivity contribution >= 4 is 0 Å². The van der Waals surface area contributed by atoms with Gasteiger partial charge in [-0.2, -0.15) is 0 Å². The fourth-order valence-electron chi connectivity index (χ4n) is 2.73. The monoisotopic (exact) mass is 303 g/mol. The Morgan fingerprint density at radius 3 is 2.52 bits per heavy atom. The number of hydrogen-bond donors (Lipinski definition) is 1. The average Bonchev–Trinajstić information content (AvgIpc) is 2.40. The van der Waals surface area contributed by atoms with Gasteiger partial charge in [-0.05, 0) is 43.5 Å². The van der Waals surface area contributed by atoms with Crippen molar-refractivity contribution in [1.29, 1.82) is 0 Å². The highest BCUT2D eigenvalue weighted by atomic mass is 19.4. The normalized spacial score (nSPS) is 19.5. The molecule has 2 rings (SSSR count). The van der Waals surface area contributed by atoms with Crippen LogP contribution in [0, 0.1) is 0 Å². The Kier molecular flexibility index (Phi) is 4.78. The fraction of sp³-hybridized carbons (Fsp3) is 0.600. The molecule has 1 aliphatic heterocycles. The summed E-state index contributed by atoms with van der Waals surface area (Å²) in [4.78, 5) is 2.25. The number of likely N-dealkylation sites (tertiary alicyclic amines) is 1. The first-order chi connectivity index (χ1) is 9.82. The fourth-order valence-corrected chi connectivity index (χ4v) is 2.73. The van der Waals surface area contributed by atoms with Crippen molar-refractivity contribution in [1.82, 2.24) is 4.90 Å². The van der Waals surface area contributed by atoms with Crippen LogP contribution in [0.1, 0.15) is 31.7 Å². The maximum absolute atomic E-state index is 12.3. The lowest BCUT2D eigenvalue weighted by atomic mass is 9.84. The van der Waals surface area contributed by atoms with Gasteiger partial charge in [0.05, 0.1) is 5.60 Å². The highest BCUT2D eigenvalue weighted by Crippen LogP contribution is 2.35. The molecule has 21 heavy (non-hydrogen) atoms. The van der Waals surface area contributed by atoms with E-state index in [0.717, 1.165) is 26.1 Å². The van der Waals surface area contributed by atoms with Crippen LogP contribution in [0.15, 0.2) is 24.3 Å². The van der Waals surface area contributed by atoms with Gasteiger partial charge in [0, 0.05) is 13.1 Å². The largest absolute Gasteiger partial charge is 0.573 e. The molecule has 0 atom stereocenters. The standard InChI is InChI=1S/C15H20F3NO2/c1-2-8-19-9-6-14(20,7-10-19)12-4-3-5-13(11-12)21-15(16,17)18/h3-5,11,20H,2,6-10H2,1H3. The van der Waals surface area contributed by atoms with Gasteiger partial charge in [0.1, 0.15) is 5.75 Å². The maximum Gasteiger partial charge on any atom is 0.573 e. The second-order valence-electron chi connectivity index (χ2n) is 5.45. The third-order valence-corrected chi connectivity index (χ3v) is 3.83. The number of aliphatic hydroxyl groups is 1. The third-order valence-electron chi connectivity index (χ3n) is 3.83. The van der Waals surface area contributed by atoms with Gasteiger partial charge in [-0.1, -0.05) is 19.1 Å². The minimum absolute atomic E-state index is 0.288. The number of alkyl halides is 3. The van der Waals surface area contributed by atoms with Gasteiger partial charge in [0.25, 0.3) is 0 Å². The van der Waals surface area contributed by atoms with E-state index in [-0.39, 0.29) is 5.75 Å². The number of piperidine rings is 1. The first-order valence-electron chi connectivity index (χ1n) is 7.13. The van der Waals surface area contributed by atoms with E-state index in [4.69, 9.17) is 0 Å². The zero-order chi connectivity index (χ0) is 15.5. The second-order valence-corrected chi connectivity index (χ2v) is 5.45. The summed E-state index contributed by atoms with van der Waals surface area (Å²) in [6.07, 6.45) is -2.63. The number of benzene rings is 1. The molecule has 0 saturated carbocycles. The van der Waals surface area contributed by atoms with E-state index in [1.54, 1.807) is 6.07 Å². The molecule has 0 radical (unpaired) electrons. The number of hydrogen-bond acceptors (Lipinski definition) is 3. The summed E-state index contributed by atoms with van der Waals surface area (Å²) in [5.41, 5.74) is -0.588. The van der Waals surface area contributed by atoms with Crippen molar-refractivity contribution in [2.24, 2.45) is 0 Å². The summed E-state index contributed by atoms with van der Waals surface area (Å²) in [7, 11) is 0. The lowest BCUT2D eigenvalue weighted by molar-refractivity contribution is -0.274. The van der Waals surface area contributed by atoms with Crippen LogP contribution in [0.5, 0.6) is 5.75 Å². The quantitative estimate of drug-likeness (QED) is 0.926. The van der Waals surface area contributed by atoms with Crippen LogP contribution in [0.25, 0.3) is 0 Å². The Balaban J connectivity index is 2.09. The highest BCUT2D eigenvalue weighted by molar-refractivity contribution is 5.33. The van der Waals surface area contributed by atoms with E-state index in [1.807, 2.05) is 0 Å². The summed E-state index contributed by atoms with van der Waals surface area (Å²) >= 11 is 0. The molecule has 0 amide bonds. The van der Waals surface area contributed by atoms with Gasteiger partial charge in [-0.25, -0.2) is 0 Å². The topological polar surface area (TPSA) is 32.7 Å². The Bertz CT molecular complexity index is 468. The zero-order valence-electron chi connectivity index (χ0n) is 12.0. The minimum atomic E-state index is -4.72. The van der Waals surface area contributed by atoms with Gasteiger partial charge < -0.3 is 14.7 Å². The van der Waals surface area contributed by atoms with Crippen molar-refractivity contribution in [2.45, 2.75) is 38.1 Å². The summed E-state index contributed by atoms with van der Waals surface area (Å²) in [6.45, 7) is 4.56. The molecule has 3 nitrogen and oxygen atoms in total. The van der Waals surface area contributed by atoms with Crippen molar-refractivity contribution in [2.75, 3.05) is 19.6 Å². The third kappa shape index (κ3) is 4.35. The summed E-state index contributed by atoms with van der Waals surface area (Å²) in [5.74, 6) is -0.288. The molecule has 1 aromatic rings. The molecule has 0 unspecified atom stereocenters. The number of nitrogens with zero attached hydrogens (tertiary/aromatic N) is 1. The van der Waals surface area contributed by atoms with Gasteiger partial charge in [-0.3, -0.25) is 0 Å². The molecule has 1 N–H and O–H groups in total. The van der Waals surface area contributed by atoms with Crippen molar-refractivity contribution in [3.05, 3.63) is 29.8 Å². The van der Waals surface area contributed by atoms with Crippen LogP contribution in [-0.4, -0.2) is 36.0 Å². The Labute approximate surface area is 122 Å². The molecule has 0 aliphatic carbocycles. The molecule has 1 aromatic carbocycles. The average molecular weight is 303 g/mol. The molecule has 118 valence electrons. The molecule has 1 fully saturated rings. The van der Waals surface area contributed by atoms with Crippen LogP contribution >= 0.6 is 0 Å². The molecular weight excluding hydrogens is 283 g/mol. The number of rotatable bonds is 4. The zero-order valence-corrected chi connectivity index (χ0v) is 12.0. The maximum atomic E-state index is 12.3. The van der Waals surface area contributed by atoms with E-state index in [0.29, 0.717) is 18.4 Å². The van der Waals surface area contributed by atoms with Crippen LogP contribution in [0.3, 0.4) is 0 Å². The number of ether oxygens (including phenoxy) is 1. The van der Waals surface area contributed by atoms with Crippen molar-refractivity contribution in [3.63, 3.8) is 0 Å². The molecule has 6 heteroatoms. The van der Waals surface area contributed by atoms with Crippen molar-refractivity contribution in [3.8, 4) is 5.75 Å². The summed E-state index contributed by atoms with van der Waals surface area (Å²) in [6, 6.07) is 5.65. The lowest BCUT2D eigenvalue weighted by Gasteiger charge is -2.38. The van der Waals surface area contributed by atoms with Crippen molar-refractivity contribution < 1.29 is 23.0 Å². The van der Waals surface area contributed by atoms with Gasteiger partial charge in [0.15, 0.2) is 0 Å². The SMILES string of the molecule is CCCN1CCC(O)(c2cccc(OC(F)(F)F)c2)CC1. The van der Waals surface area contributed by atoms with Crippen LogP contribution < -0.4 is 4.74 Å². The Morgan fingerprint density at radius 2 is 1.95 bits per heavy atom. The molecule has 0 bridgehead atoms. The van der Waals surface area contributed by atoms with E-state index in [1.165, 1.54) is 18.2 Å². The summed E-state index contributed by atoms with van der Waals surface area (Å²) < 4.78 is 40.7. The Morgan fingerprint density at radius 1 is 1.29 bits per heavy atom. The van der Waals surface area contributed by atoms with E-state index < -0.39 is 12.0 Å². The molecule has 0 aromatic heterocycles. The van der Waals surface area contributed by atoms with Crippen LogP contribution in [-0.2, 0) is 5.60 Å². The van der Waals surface area contributed by atoms with Crippen LogP contribution in [0.2, 0.25) is 0 Å². The van der Waals surface area contributed by atoms with Gasteiger partial charge in [-0.15, -0.1) is 13.2 Å². The minimum Gasteiger partial charge on any atom is -0.406 e. The molecule has 1 heterocycles. The first kappa shape index (κ1) is 16.1. The molecular formula is C15H20F3NO2. The van der Waals surface area contributed by atoms with Crippen LogP contribution in [0.4, 0.5) is 13.2 Å². The predicted octanol–water partition coefficient (Wildman–Crippen LogP) is 3.28. The van der Waals surface area contributed by atoms with E-state index in [9.17, 15) is 18.3 Å². The molecule has 1 aliphatic rings. The smallest absolute Gasteiger partial charge is 0.406 e. The Hall–Kier alpha value is -1.27. The van der Waals surface area contributed by atoms with E-state index in [2.05, 4.69) is 16.6 Å². The molecule has 1 saturated heterocycles. The molecule has 0 spiro atoms. The number of halogens is 3. The van der Waals surface area contributed by atoms with Gasteiger partial charge >= 0.3 is 6.36 Å². The first-order valence-corrected chi connectivity index (χ1v) is 7.13. The summed E-state index contributed by atoms with van der Waals surface area (Å²) in [5, 5.41) is 10.7. The van der Waals surface area contributed by atoms with Gasteiger partial charge in [0.2, 0.25) is 0 Å². The highest BCUT2D eigenvalue weighted by Gasteiger charge is 2.35. The predicted molar refractivity (Wildman–Crippen MR) is 73.0 cm³/mol.